The Kier molecular flexibility index (Phi) is 3.79. The molecule has 0 fully saturated rings. The zero-order valence-electron chi connectivity index (χ0n) is 8.24. The van der Waals surface area contributed by atoms with Gasteiger partial charge in [-0.05, 0) is 20.0 Å². The van der Waals surface area contributed by atoms with Crippen LogP contribution >= 0.6 is 0 Å². The van der Waals surface area contributed by atoms with Gasteiger partial charge in [-0.2, -0.15) is 0 Å². The quantitative estimate of drug-likeness (QED) is 0.742. The van der Waals surface area contributed by atoms with Gasteiger partial charge in [0.15, 0.2) is 0 Å². The largest absolute Gasteiger partial charge is 0.383 e. The second-order valence-electron chi connectivity index (χ2n) is 2.83. The van der Waals surface area contributed by atoms with E-state index in [2.05, 4.69) is 15.3 Å². The zero-order valence-corrected chi connectivity index (χ0v) is 8.24. The van der Waals surface area contributed by atoms with E-state index in [4.69, 9.17) is 4.74 Å². The number of aromatic nitrogens is 2. The summed E-state index contributed by atoms with van der Waals surface area (Å²) in [6.45, 7) is 2.50. The van der Waals surface area contributed by atoms with Crippen molar-refractivity contribution in [3.63, 3.8) is 0 Å². The second kappa shape index (κ2) is 4.89. The molecule has 0 aromatic carbocycles. The number of rotatable bonds is 4. The molecule has 0 amide bonds. The van der Waals surface area contributed by atoms with Crippen molar-refractivity contribution < 1.29 is 4.74 Å². The van der Waals surface area contributed by atoms with Crippen molar-refractivity contribution >= 4 is 0 Å². The van der Waals surface area contributed by atoms with Crippen LogP contribution in [0.5, 0.6) is 0 Å². The first kappa shape index (κ1) is 10.1. The van der Waals surface area contributed by atoms with E-state index in [1.165, 1.54) is 0 Å². The molecule has 1 N–H and O–H groups in total. The minimum atomic E-state index is 0.145. The van der Waals surface area contributed by atoms with E-state index in [1.54, 1.807) is 13.3 Å². The van der Waals surface area contributed by atoms with Crippen LogP contribution in [0.15, 0.2) is 12.3 Å². The SMILES string of the molecule is CNC(COC)c1ccnc(C)n1. The number of likely N-dealkylation sites (N-methyl/N-ethyl adjacent to an activating group) is 1. The highest BCUT2D eigenvalue weighted by Crippen LogP contribution is 2.08. The van der Waals surface area contributed by atoms with E-state index in [0.29, 0.717) is 6.61 Å². The monoisotopic (exact) mass is 181 g/mol. The molecule has 72 valence electrons. The van der Waals surface area contributed by atoms with Crippen LogP contribution in [0.1, 0.15) is 17.6 Å². The minimum absolute atomic E-state index is 0.145. The molecule has 0 saturated carbocycles. The molecule has 0 bridgehead atoms. The van der Waals surface area contributed by atoms with Crippen molar-refractivity contribution in [1.29, 1.82) is 0 Å². The predicted molar refractivity (Wildman–Crippen MR) is 50.4 cm³/mol. The highest BCUT2D eigenvalue weighted by molar-refractivity contribution is 5.07. The lowest BCUT2D eigenvalue weighted by Crippen LogP contribution is -2.22. The third-order valence-electron chi connectivity index (χ3n) is 1.84. The number of hydrogen-bond acceptors (Lipinski definition) is 4. The van der Waals surface area contributed by atoms with Crippen LogP contribution in [0.4, 0.5) is 0 Å². The molecule has 4 heteroatoms. The van der Waals surface area contributed by atoms with Gasteiger partial charge in [-0.15, -0.1) is 0 Å². The Morgan fingerprint density at radius 3 is 2.92 bits per heavy atom. The predicted octanol–water partition coefficient (Wildman–Crippen LogP) is 0.692. The molecular formula is C9H15N3O. The Bertz CT molecular complexity index is 265. The third-order valence-corrected chi connectivity index (χ3v) is 1.84. The summed E-state index contributed by atoms with van der Waals surface area (Å²) < 4.78 is 5.07. The molecule has 0 aliphatic carbocycles. The Morgan fingerprint density at radius 2 is 2.38 bits per heavy atom. The van der Waals surface area contributed by atoms with E-state index in [1.807, 2.05) is 20.0 Å². The third kappa shape index (κ3) is 2.75. The minimum Gasteiger partial charge on any atom is -0.383 e. The summed E-state index contributed by atoms with van der Waals surface area (Å²) in [5.74, 6) is 0.786. The topological polar surface area (TPSA) is 47.0 Å². The summed E-state index contributed by atoms with van der Waals surface area (Å²) in [5, 5.41) is 3.13. The van der Waals surface area contributed by atoms with Gasteiger partial charge in [-0.1, -0.05) is 0 Å². The molecule has 1 atom stereocenters. The fraction of sp³-hybridized carbons (Fsp3) is 0.556. The van der Waals surface area contributed by atoms with Gasteiger partial charge >= 0.3 is 0 Å². The number of nitrogens with one attached hydrogen (secondary N) is 1. The first-order chi connectivity index (χ1) is 6.27. The zero-order chi connectivity index (χ0) is 9.68. The maximum Gasteiger partial charge on any atom is 0.125 e. The molecule has 1 aromatic heterocycles. The van der Waals surface area contributed by atoms with Crippen molar-refractivity contribution in [2.24, 2.45) is 0 Å². The average molecular weight is 181 g/mol. The highest BCUT2D eigenvalue weighted by Gasteiger charge is 2.09. The van der Waals surface area contributed by atoms with Gasteiger partial charge in [0.1, 0.15) is 5.82 Å². The van der Waals surface area contributed by atoms with Crippen LogP contribution in [0.25, 0.3) is 0 Å². The van der Waals surface area contributed by atoms with Crippen molar-refractivity contribution in [3.8, 4) is 0 Å². The molecule has 0 saturated heterocycles. The lowest BCUT2D eigenvalue weighted by atomic mass is 10.2. The van der Waals surface area contributed by atoms with Gasteiger partial charge in [0.2, 0.25) is 0 Å². The molecule has 1 unspecified atom stereocenters. The van der Waals surface area contributed by atoms with Gasteiger partial charge in [-0.3, -0.25) is 0 Å². The summed E-state index contributed by atoms with van der Waals surface area (Å²) in [7, 11) is 3.57. The van der Waals surface area contributed by atoms with Gasteiger partial charge in [-0.25, -0.2) is 9.97 Å². The maximum absolute atomic E-state index is 5.07. The van der Waals surface area contributed by atoms with E-state index in [0.717, 1.165) is 11.5 Å². The number of methoxy groups -OCH3 is 1. The second-order valence-corrected chi connectivity index (χ2v) is 2.83. The molecule has 1 aromatic rings. The molecule has 4 nitrogen and oxygen atoms in total. The maximum atomic E-state index is 5.07. The van der Waals surface area contributed by atoms with Gasteiger partial charge in [0.05, 0.1) is 18.3 Å². The lowest BCUT2D eigenvalue weighted by Gasteiger charge is -2.14. The van der Waals surface area contributed by atoms with E-state index in [-0.39, 0.29) is 6.04 Å². The van der Waals surface area contributed by atoms with Crippen molar-refractivity contribution in [1.82, 2.24) is 15.3 Å². The lowest BCUT2D eigenvalue weighted by molar-refractivity contribution is 0.168. The van der Waals surface area contributed by atoms with Crippen LogP contribution < -0.4 is 5.32 Å². The van der Waals surface area contributed by atoms with Crippen LogP contribution in [-0.4, -0.2) is 30.7 Å². The van der Waals surface area contributed by atoms with Gasteiger partial charge < -0.3 is 10.1 Å². The standard InChI is InChI=1S/C9H15N3O/c1-7-11-5-4-8(12-7)9(10-2)6-13-3/h4-5,9-10H,6H2,1-3H3. The van der Waals surface area contributed by atoms with Crippen molar-refractivity contribution in [3.05, 3.63) is 23.8 Å². The number of aryl methyl sites for hydroxylation is 1. The average Bonchev–Trinajstić information content (AvgIpc) is 2.14. The molecule has 1 rings (SSSR count). The Morgan fingerprint density at radius 1 is 1.62 bits per heavy atom. The van der Waals surface area contributed by atoms with Crippen LogP contribution in [-0.2, 0) is 4.74 Å². The van der Waals surface area contributed by atoms with Crippen molar-refractivity contribution in [2.45, 2.75) is 13.0 Å². The summed E-state index contributed by atoms with van der Waals surface area (Å²) in [5.41, 5.74) is 0.969. The van der Waals surface area contributed by atoms with Crippen molar-refractivity contribution in [2.75, 3.05) is 20.8 Å². The first-order valence-corrected chi connectivity index (χ1v) is 4.23. The Balaban J connectivity index is 2.78. The van der Waals surface area contributed by atoms with E-state index >= 15 is 0 Å². The molecule has 13 heavy (non-hydrogen) atoms. The van der Waals surface area contributed by atoms with Gasteiger partial charge in [0.25, 0.3) is 0 Å². The van der Waals surface area contributed by atoms with Gasteiger partial charge in [0, 0.05) is 13.3 Å². The molecular weight excluding hydrogens is 166 g/mol. The first-order valence-electron chi connectivity index (χ1n) is 4.23. The number of ether oxygens (including phenoxy) is 1. The summed E-state index contributed by atoms with van der Waals surface area (Å²) in [4.78, 5) is 8.35. The molecule has 0 spiro atoms. The summed E-state index contributed by atoms with van der Waals surface area (Å²) in [6, 6.07) is 2.04. The fourth-order valence-corrected chi connectivity index (χ4v) is 1.15. The van der Waals surface area contributed by atoms with Crippen LogP contribution in [0, 0.1) is 6.92 Å². The molecule has 0 aliphatic rings. The summed E-state index contributed by atoms with van der Waals surface area (Å²) >= 11 is 0. The smallest absolute Gasteiger partial charge is 0.125 e. The highest BCUT2D eigenvalue weighted by atomic mass is 16.5. The Labute approximate surface area is 78.4 Å². The number of hydrogen-bond donors (Lipinski definition) is 1. The molecule has 0 radical (unpaired) electrons. The number of nitrogens with zero attached hydrogens (tertiary/aromatic N) is 2. The van der Waals surface area contributed by atoms with Crippen LogP contribution in [0.2, 0.25) is 0 Å². The summed E-state index contributed by atoms with van der Waals surface area (Å²) in [6.07, 6.45) is 1.76. The van der Waals surface area contributed by atoms with E-state index < -0.39 is 0 Å². The fourth-order valence-electron chi connectivity index (χ4n) is 1.15. The molecule has 1 heterocycles. The normalized spacial score (nSPS) is 12.8. The molecule has 0 aliphatic heterocycles. The van der Waals surface area contributed by atoms with Crippen LogP contribution in [0.3, 0.4) is 0 Å². The Hall–Kier alpha value is -1.00. The van der Waals surface area contributed by atoms with E-state index in [9.17, 15) is 0 Å².